The van der Waals surface area contributed by atoms with Crippen LogP contribution in [0, 0.1) is 58.2 Å². The molecule has 7 nitrogen and oxygen atoms in total. The van der Waals surface area contributed by atoms with Gasteiger partial charge in [-0.1, -0.05) is 34.6 Å². The van der Waals surface area contributed by atoms with E-state index < -0.39 is 42.0 Å². The Labute approximate surface area is 215 Å². The summed E-state index contributed by atoms with van der Waals surface area (Å²) in [5.74, 6) is -0.0824. The van der Waals surface area contributed by atoms with Crippen molar-refractivity contribution in [3.8, 4) is 0 Å². The lowest BCUT2D eigenvalue weighted by Gasteiger charge is -2.64. The van der Waals surface area contributed by atoms with Crippen LogP contribution in [0.2, 0.25) is 0 Å². The van der Waals surface area contributed by atoms with E-state index in [0.717, 1.165) is 19.3 Å². The fraction of sp³-hybridized carbons (Fsp3) is 0.966. The molecule has 5 rings (SSSR count). The van der Waals surface area contributed by atoms with Crippen LogP contribution in [0.3, 0.4) is 0 Å². The van der Waals surface area contributed by atoms with Gasteiger partial charge in [0.05, 0.1) is 30.5 Å². The van der Waals surface area contributed by atoms with Crippen molar-refractivity contribution >= 4 is 5.78 Å². The molecule has 0 amide bonds. The minimum absolute atomic E-state index is 0.0113. The Balaban J connectivity index is 1.44. The van der Waals surface area contributed by atoms with Gasteiger partial charge >= 0.3 is 0 Å². The fourth-order valence-corrected chi connectivity index (χ4v) is 10.1. The van der Waals surface area contributed by atoms with Crippen LogP contribution in [0.4, 0.5) is 0 Å². The first-order valence-corrected chi connectivity index (χ1v) is 14.4. The van der Waals surface area contributed by atoms with Crippen LogP contribution >= 0.6 is 0 Å². The number of Topliss-reactive ketones (excluding diaryl/α,β-unsaturated/α-hetero) is 1. The van der Waals surface area contributed by atoms with Crippen molar-refractivity contribution in [2.75, 3.05) is 0 Å². The van der Waals surface area contributed by atoms with Gasteiger partial charge in [0.1, 0.15) is 5.78 Å². The Morgan fingerprint density at radius 2 is 1.56 bits per heavy atom. The highest BCUT2D eigenvalue weighted by atomic mass is 16.6. The van der Waals surface area contributed by atoms with Crippen molar-refractivity contribution in [1.29, 1.82) is 0 Å². The molecular formula is C29H48O7. The minimum Gasteiger partial charge on any atom is -0.390 e. The molecule has 0 aromatic heterocycles. The third kappa shape index (κ3) is 3.86. The zero-order chi connectivity index (χ0) is 26.3. The van der Waals surface area contributed by atoms with E-state index in [0.29, 0.717) is 37.5 Å². The number of hydrogen-bond acceptors (Lipinski definition) is 7. The maximum Gasteiger partial charge on any atom is 0.155 e. The van der Waals surface area contributed by atoms with Gasteiger partial charge in [0, 0.05) is 30.6 Å². The smallest absolute Gasteiger partial charge is 0.155 e. The lowest BCUT2D eigenvalue weighted by Crippen LogP contribution is -2.68. The van der Waals surface area contributed by atoms with Gasteiger partial charge in [-0.2, -0.15) is 0 Å². The number of carbonyl (C=O) groups is 1. The van der Waals surface area contributed by atoms with E-state index in [1.54, 1.807) is 0 Å². The molecule has 7 heteroatoms. The fourth-order valence-electron chi connectivity index (χ4n) is 10.1. The third-order valence-corrected chi connectivity index (χ3v) is 12.2. The molecule has 0 radical (unpaired) electrons. The van der Waals surface area contributed by atoms with Crippen LogP contribution in [-0.4, -0.2) is 68.1 Å². The Bertz CT molecular complexity index is 847. The highest BCUT2D eigenvalue weighted by Gasteiger charge is 2.69. The second-order valence-electron chi connectivity index (χ2n) is 14.1. The summed E-state index contributed by atoms with van der Waals surface area (Å²) >= 11 is 0. The van der Waals surface area contributed by atoms with Crippen molar-refractivity contribution in [3.63, 3.8) is 0 Å². The second-order valence-corrected chi connectivity index (χ2v) is 14.1. The Morgan fingerprint density at radius 3 is 2.22 bits per heavy atom. The first kappa shape index (κ1) is 27.0. The van der Waals surface area contributed by atoms with Gasteiger partial charge in [-0.15, -0.1) is 0 Å². The lowest BCUT2D eigenvalue weighted by molar-refractivity contribution is -0.251. The molecule has 1 aliphatic heterocycles. The van der Waals surface area contributed by atoms with Crippen molar-refractivity contribution in [1.82, 2.24) is 0 Å². The molecule has 1 saturated heterocycles. The maximum absolute atomic E-state index is 13.8. The number of aliphatic hydroxyl groups is 5. The van der Waals surface area contributed by atoms with E-state index in [1.807, 2.05) is 0 Å². The Morgan fingerprint density at radius 1 is 0.889 bits per heavy atom. The molecule has 36 heavy (non-hydrogen) atoms. The first-order chi connectivity index (χ1) is 16.8. The molecule has 5 aliphatic rings. The predicted molar refractivity (Wildman–Crippen MR) is 133 cm³/mol. The molecule has 0 bridgehead atoms. The van der Waals surface area contributed by atoms with Crippen LogP contribution in [0.25, 0.3) is 0 Å². The van der Waals surface area contributed by atoms with Crippen molar-refractivity contribution in [2.24, 2.45) is 58.2 Å². The average molecular weight is 509 g/mol. The van der Waals surface area contributed by atoms with Gasteiger partial charge in [-0.25, -0.2) is 0 Å². The normalized spacial score (nSPS) is 56.1. The van der Waals surface area contributed by atoms with Gasteiger partial charge in [0.25, 0.3) is 0 Å². The van der Waals surface area contributed by atoms with Gasteiger partial charge in [0.15, 0.2) is 6.29 Å². The summed E-state index contributed by atoms with van der Waals surface area (Å²) in [7, 11) is 0. The largest absolute Gasteiger partial charge is 0.390 e. The lowest BCUT2D eigenvalue weighted by atomic mass is 9.42. The van der Waals surface area contributed by atoms with Crippen LogP contribution in [-0.2, 0) is 9.53 Å². The monoisotopic (exact) mass is 508 g/mol. The number of hydrogen-bond donors (Lipinski definition) is 5. The highest BCUT2D eigenvalue weighted by molar-refractivity contribution is 5.85. The summed E-state index contributed by atoms with van der Waals surface area (Å²) in [5.41, 5.74) is -0.748. The van der Waals surface area contributed by atoms with Crippen LogP contribution in [0.15, 0.2) is 0 Å². The van der Waals surface area contributed by atoms with E-state index in [-0.39, 0.29) is 46.9 Å². The van der Waals surface area contributed by atoms with E-state index in [9.17, 15) is 30.3 Å². The molecule has 4 aliphatic carbocycles. The molecule has 15 atom stereocenters. The Kier molecular flexibility index (Phi) is 6.96. The molecule has 206 valence electrons. The zero-order valence-electron chi connectivity index (χ0n) is 22.6. The molecule has 0 aromatic carbocycles. The van der Waals surface area contributed by atoms with Gasteiger partial charge in [-0.3, -0.25) is 4.79 Å². The van der Waals surface area contributed by atoms with Crippen molar-refractivity contribution in [3.05, 3.63) is 0 Å². The molecule has 1 heterocycles. The van der Waals surface area contributed by atoms with Gasteiger partial charge < -0.3 is 30.3 Å². The highest BCUT2D eigenvalue weighted by Crippen LogP contribution is 2.67. The van der Waals surface area contributed by atoms with E-state index in [4.69, 9.17) is 4.74 Å². The number of rotatable bonds is 3. The topological polar surface area (TPSA) is 127 Å². The standard InChI is InChI=1S/C29H48O7/c1-13(2)15-10-20(36-21(32)11-15)14(3)17-12-19(31)23-22-16(6-8-29(17,23)5)28(4)9-7-18(30)25(33)24(28)27(35)26(22)34/h13-18,20-27,30,32-35H,6-12H2,1-5H3/t14?,15-,16?,17+,18?,20?,21?,22+,23+,24?,25-,26+,27?,28+,29+/m0/s1. The summed E-state index contributed by atoms with van der Waals surface area (Å²) in [6.45, 7) is 10.8. The Hall–Kier alpha value is -0.570. The molecule has 0 spiro atoms. The number of aliphatic hydroxyl groups excluding tert-OH is 5. The number of ketones is 1. The summed E-state index contributed by atoms with van der Waals surface area (Å²) < 4.78 is 6.06. The van der Waals surface area contributed by atoms with Crippen molar-refractivity contribution < 1.29 is 35.1 Å². The van der Waals surface area contributed by atoms with E-state index >= 15 is 0 Å². The van der Waals surface area contributed by atoms with E-state index in [1.165, 1.54) is 0 Å². The SMILES string of the molecule is CC(C)[C@@H]1CC(O)OC(C(C)[C@H]2CC(=O)[C@@H]3[C@H]4C(CC[C@]23C)[C@@]2(C)CCC(O)[C@H](O)C2C(O)[C@@H]4O)C1. The van der Waals surface area contributed by atoms with Crippen molar-refractivity contribution in [2.45, 2.75) is 116 Å². The molecular weight excluding hydrogens is 460 g/mol. The van der Waals surface area contributed by atoms with Gasteiger partial charge in [-0.05, 0) is 72.5 Å². The molecule has 5 fully saturated rings. The number of ether oxygens (including phenoxy) is 1. The summed E-state index contributed by atoms with van der Waals surface area (Å²) in [6.07, 6.45) is -0.315. The second kappa shape index (κ2) is 9.27. The maximum atomic E-state index is 13.8. The van der Waals surface area contributed by atoms with Crippen LogP contribution in [0.5, 0.6) is 0 Å². The predicted octanol–water partition coefficient (Wildman–Crippen LogP) is 2.50. The molecule has 4 saturated carbocycles. The van der Waals surface area contributed by atoms with Gasteiger partial charge in [0.2, 0.25) is 0 Å². The van der Waals surface area contributed by atoms with E-state index in [2.05, 4.69) is 34.6 Å². The quantitative estimate of drug-likeness (QED) is 0.396. The number of carbonyl (C=O) groups excluding carboxylic acids is 1. The first-order valence-electron chi connectivity index (χ1n) is 14.4. The minimum atomic E-state index is -1.17. The summed E-state index contributed by atoms with van der Waals surface area (Å²) in [6, 6.07) is 0. The summed E-state index contributed by atoms with van der Waals surface area (Å²) in [4.78, 5) is 13.8. The molecule has 0 aromatic rings. The molecule has 7 unspecified atom stereocenters. The van der Waals surface area contributed by atoms with Crippen LogP contribution < -0.4 is 0 Å². The van der Waals surface area contributed by atoms with Crippen LogP contribution in [0.1, 0.15) is 79.6 Å². The zero-order valence-corrected chi connectivity index (χ0v) is 22.6. The summed E-state index contributed by atoms with van der Waals surface area (Å²) in [5, 5.41) is 54.3. The number of fused-ring (bicyclic) bond motifs is 5. The average Bonchev–Trinajstić information content (AvgIpc) is 3.09. The molecule has 5 N–H and O–H groups in total. The third-order valence-electron chi connectivity index (χ3n) is 12.2.